The van der Waals surface area contributed by atoms with Crippen molar-refractivity contribution in [3.8, 4) is 11.5 Å². The molecular formula is C23H22N2O5. The van der Waals surface area contributed by atoms with Crippen LogP contribution in [0.3, 0.4) is 0 Å². The van der Waals surface area contributed by atoms with Crippen LogP contribution in [0.25, 0.3) is 10.8 Å². The van der Waals surface area contributed by atoms with Gasteiger partial charge in [0.05, 0.1) is 6.10 Å². The summed E-state index contributed by atoms with van der Waals surface area (Å²) >= 11 is 0. The van der Waals surface area contributed by atoms with Gasteiger partial charge in [0.1, 0.15) is 13.2 Å². The zero-order chi connectivity index (χ0) is 20.9. The second-order valence-electron chi connectivity index (χ2n) is 6.94. The van der Waals surface area contributed by atoms with E-state index in [0.29, 0.717) is 30.4 Å². The third-order valence-corrected chi connectivity index (χ3v) is 4.89. The van der Waals surface area contributed by atoms with E-state index in [9.17, 15) is 14.7 Å². The summed E-state index contributed by atoms with van der Waals surface area (Å²) < 4.78 is 10.9. The van der Waals surface area contributed by atoms with Gasteiger partial charge in [-0.1, -0.05) is 42.5 Å². The molecule has 30 heavy (non-hydrogen) atoms. The van der Waals surface area contributed by atoms with Crippen LogP contribution in [0, 0.1) is 0 Å². The Morgan fingerprint density at radius 3 is 2.57 bits per heavy atom. The molecule has 0 bridgehead atoms. The van der Waals surface area contributed by atoms with E-state index in [1.54, 1.807) is 18.2 Å². The fraction of sp³-hybridized carbons (Fsp3) is 0.217. The number of rotatable bonds is 5. The van der Waals surface area contributed by atoms with E-state index < -0.39 is 17.9 Å². The largest absolute Gasteiger partial charge is 0.486 e. The van der Waals surface area contributed by atoms with E-state index in [2.05, 4.69) is 10.6 Å². The van der Waals surface area contributed by atoms with Crippen molar-refractivity contribution in [2.45, 2.75) is 12.5 Å². The Morgan fingerprint density at radius 2 is 1.70 bits per heavy atom. The van der Waals surface area contributed by atoms with Gasteiger partial charge in [-0.3, -0.25) is 9.59 Å². The Hall–Kier alpha value is -3.58. The zero-order valence-electron chi connectivity index (χ0n) is 16.3. The summed E-state index contributed by atoms with van der Waals surface area (Å²) in [5, 5.41) is 17.6. The van der Waals surface area contributed by atoms with Crippen LogP contribution >= 0.6 is 0 Å². The third-order valence-electron chi connectivity index (χ3n) is 4.89. The van der Waals surface area contributed by atoms with Crippen LogP contribution in [0.15, 0.2) is 60.7 Å². The Labute approximate surface area is 173 Å². The van der Waals surface area contributed by atoms with Crippen molar-refractivity contribution < 1.29 is 24.2 Å². The molecule has 7 heteroatoms. The molecule has 0 saturated carbocycles. The van der Waals surface area contributed by atoms with Crippen LogP contribution in [0.5, 0.6) is 11.5 Å². The van der Waals surface area contributed by atoms with E-state index in [0.717, 1.165) is 16.3 Å². The van der Waals surface area contributed by atoms with E-state index >= 15 is 0 Å². The molecule has 0 unspecified atom stereocenters. The normalized spacial score (nSPS) is 13.5. The molecule has 1 atom stereocenters. The number of anilines is 1. The Bertz CT molecular complexity index is 1080. The number of amides is 2. The van der Waals surface area contributed by atoms with E-state index in [-0.39, 0.29) is 13.0 Å². The van der Waals surface area contributed by atoms with Crippen molar-refractivity contribution in [2.24, 2.45) is 0 Å². The van der Waals surface area contributed by atoms with Gasteiger partial charge in [0.25, 0.3) is 0 Å². The van der Waals surface area contributed by atoms with E-state index in [1.807, 2.05) is 42.5 Å². The predicted molar refractivity (Wildman–Crippen MR) is 113 cm³/mol. The van der Waals surface area contributed by atoms with Crippen molar-refractivity contribution >= 4 is 28.3 Å². The monoisotopic (exact) mass is 406 g/mol. The summed E-state index contributed by atoms with van der Waals surface area (Å²) in [5.74, 6) is -0.426. The highest BCUT2D eigenvalue weighted by Crippen LogP contribution is 2.32. The summed E-state index contributed by atoms with van der Waals surface area (Å²) in [5.41, 5.74) is 1.23. The highest BCUT2D eigenvalue weighted by atomic mass is 16.6. The van der Waals surface area contributed by atoms with Crippen molar-refractivity contribution in [3.63, 3.8) is 0 Å². The van der Waals surface area contributed by atoms with Crippen LogP contribution in [0.1, 0.15) is 18.1 Å². The molecule has 1 heterocycles. The number of fused-ring (bicyclic) bond motifs is 2. The van der Waals surface area contributed by atoms with Crippen molar-refractivity contribution in [1.29, 1.82) is 0 Å². The van der Waals surface area contributed by atoms with Gasteiger partial charge in [-0.25, -0.2) is 0 Å². The quantitative estimate of drug-likeness (QED) is 0.566. The lowest BCUT2D eigenvalue weighted by atomic mass is 9.99. The number of hydrogen-bond donors (Lipinski definition) is 3. The molecule has 154 valence electrons. The summed E-state index contributed by atoms with van der Waals surface area (Å²) in [6, 6.07) is 18.5. The zero-order valence-corrected chi connectivity index (χ0v) is 16.3. The number of carbonyl (C=O) groups excluding carboxylic acids is 2. The fourth-order valence-electron chi connectivity index (χ4n) is 3.41. The van der Waals surface area contributed by atoms with Gasteiger partial charge in [-0.05, 0) is 34.9 Å². The van der Waals surface area contributed by atoms with Gasteiger partial charge >= 0.3 is 11.8 Å². The molecule has 1 aliphatic rings. The second-order valence-corrected chi connectivity index (χ2v) is 6.94. The summed E-state index contributed by atoms with van der Waals surface area (Å²) in [6.45, 7) is 1.08. The molecule has 3 aromatic carbocycles. The lowest BCUT2D eigenvalue weighted by Crippen LogP contribution is -2.36. The molecule has 3 N–H and O–H groups in total. The molecule has 0 fully saturated rings. The number of nitrogens with one attached hydrogen (secondary N) is 2. The number of hydrogen-bond acceptors (Lipinski definition) is 5. The number of aliphatic hydroxyl groups is 1. The van der Waals surface area contributed by atoms with E-state index in [1.165, 1.54) is 0 Å². The molecule has 0 aliphatic carbocycles. The van der Waals surface area contributed by atoms with E-state index in [4.69, 9.17) is 9.47 Å². The number of benzene rings is 3. The molecule has 1 aliphatic heterocycles. The predicted octanol–water partition coefficient (Wildman–Crippen LogP) is 2.79. The van der Waals surface area contributed by atoms with Crippen molar-refractivity contribution in [2.75, 3.05) is 25.1 Å². The maximum atomic E-state index is 12.1. The Balaban J connectivity index is 1.30. The minimum Gasteiger partial charge on any atom is -0.486 e. The van der Waals surface area contributed by atoms with Crippen LogP contribution in [0.2, 0.25) is 0 Å². The summed E-state index contributed by atoms with van der Waals surface area (Å²) in [6.07, 6.45) is -0.464. The molecule has 4 rings (SSSR count). The summed E-state index contributed by atoms with van der Waals surface area (Å²) in [7, 11) is 0. The highest BCUT2D eigenvalue weighted by molar-refractivity contribution is 6.39. The van der Waals surface area contributed by atoms with Crippen molar-refractivity contribution in [3.05, 3.63) is 66.2 Å². The first-order valence-electron chi connectivity index (χ1n) is 9.76. The Kier molecular flexibility index (Phi) is 5.81. The van der Waals surface area contributed by atoms with Gasteiger partial charge in [-0.15, -0.1) is 0 Å². The van der Waals surface area contributed by atoms with Gasteiger partial charge in [0.15, 0.2) is 11.5 Å². The Morgan fingerprint density at radius 1 is 0.933 bits per heavy atom. The molecule has 0 saturated heterocycles. The number of aliphatic hydroxyl groups excluding tert-OH is 1. The first kappa shape index (κ1) is 19.7. The van der Waals surface area contributed by atoms with Gasteiger partial charge in [-0.2, -0.15) is 0 Å². The first-order valence-corrected chi connectivity index (χ1v) is 9.76. The maximum absolute atomic E-state index is 12.1. The van der Waals surface area contributed by atoms with Gasteiger partial charge in [0.2, 0.25) is 0 Å². The van der Waals surface area contributed by atoms with Crippen molar-refractivity contribution in [1.82, 2.24) is 5.32 Å². The lowest BCUT2D eigenvalue weighted by Gasteiger charge is -2.19. The average Bonchev–Trinajstić information content (AvgIpc) is 2.78. The molecule has 0 aromatic heterocycles. The summed E-state index contributed by atoms with van der Waals surface area (Å²) in [4.78, 5) is 24.2. The third kappa shape index (κ3) is 4.36. The average molecular weight is 406 g/mol. The van der Waals surface area contributed by atoms with Gasteiger partial charge < -0.3 is 25.2 Å². The molecular weight excluding hydrogens is 384 g/mol. The molecule has 0 radical (unpaired) electrons. The fourth-order valence-corrected chi connectivity index (χ4v) is 3.41. The maximum Gasteiger partial charge on any atom is 0.313 e. The van der Waals surface area contributed by atoms with Gasteiger partial charge in [0, 0.05) is 18.3 Å². The minimum absolute atomic E-state index is 0.164. The SMILES string of the molecule is O=C(NCC[C@@H](O)c1cccc2ccccc12)C(=O)Nc1ccc2c(c1)OCCO2. The molecule has 2 amide bonds. The number of carbonyl (C=O) groups is 2. The standard InChI is InChI=1S/C23H22N2O5/c26-19(18-7-3-5-15-4-1-2-6-17(15)18)10-11-24-22(27)23(28)25-16-8-9-20-21(14-16)30-13-12-29-20/h1-9,14,19,26H,10-13H2,(H,24,27)(H,25,28)/t19-/m1/s1. The smallest absolute Gasteiger partial charge is 0.313 e. The molecule has 3 aromatic rings. The van der Waals surface area contributed by atoms with Crippen LogP contribution in [0.4, 0.5) is 5.69 Å². The second kappa shape index (κ2) is 8.84. The number of ether oxygens (including phenoxy) is 2. The minimum atomic E-state index is -0.786. The molecule has 0 spiro atoms. The first-order chi connectivity index (χ1) is 14.6. The highest BCUT2D eigenvalue weighted by Gasteiger charge is 2.17. The van der Waals surface area contributed by atoms with Crippen LogP contribution in [-0.2, 0) is 9.59 Å². The topological polar surface area (TPSA) is 96.9 Å². The lowest BCUT2D eigenvalue weighted by molar-refractivity contribution is -0.136. The van der Waals surface area contributed by atoms with Crippen LogP contribution < -0.4 is 20.1 Å². The molecule has 7 nitrogen and oxygen atoms in total. The van der Waals surface area contributed by atoms with Crippen LogP contribution in [-0.4, -0.2) is 36.7 Å².